The number of aryl methyl sites for hydroxylation is 1. The van der Waals surface area contributed by atoms with E-state index in [-0.39, 0.29) is 22.3 Å². The van der Waals surface area contributed by atoms with Crippen molar-refractivity contribution in [2.75, 3.05) is 0 Å². The van der Waals surface area contributed by atoms with Gasteiger partial charge in [0.05, 0.1) is 10.6 Å². The van der Waals surface area contributed by atoms with Gasteiger partial charge in [-0.2, -0.15) is 5.10 Å². The Morgan fingerprint density at radius 3 is 2.62 bits per heavy atom. The molecule has 0 spiro atoms. The lowest BCUT2D eigenvalue weighted by Crippen LogP contribution is -2.26. The molecule has 1 heterocycles. The topological polar surface area (TPSA) is 38.1 Å². The number of aromatic nitrogens is 2. The van der Waals surface area contributed by atoms with Crippen molar-refractivity contribution < 1.29 is 13.6 Å². The van der Waals surface area contributed by atoms with Gasteiger partial charge in [0, 0.05) is 48.5 Å². The van der Waals surface area contributed by atoms with E-state index in [2.05, 4.69) is 5.10 Å². The third-order valence-corrected chi connectivity index (χ3v) is 5.33. The monoisotopic (exact) mass is 421 g/mol. The van der Waals surface area contributed by atoms with Crippen LogP contribution < -0.4 is 0 Å². The van der Waals surface area contributed by atoms with E-state index in [1.54, 1.807) is 19.3 Å². The maximum atomic E-state index is 13.2. The summed E-state index contributed by atoms with van der Waals surface area (Å²) in [6, 6.07) is 3.29. The van der Waals surface area contributed by atoms with E-state index in [1.165, 1.54) is 10.7 Å². The number of benzene rings is 1. The average Bonchev–Trinajstić information content (AvgIpc) is 3.33. The highest BCUT2D eigenvalue weighted by atomic mass is 35.5. The zero-order chi connectivity index (χ0) is 19.0. The molecule has 1 aliphatic carbocycles. The number of carbonyl (C=O) groups excluding carboxylic acids is 1. The smallest absolute Gasteiger partial charge is 0.282 e. The zero-order valence-electron chi connectivity index (χ0n) is 13.9. The molecule has 9 heteroatoms. The quantitative estimate of drug-likeness (QED) is 0.575. The summed E-state index contributed by atoms with van der Waals surface area (Å²) in [5.74, 6) is 0. The lowest BCUT2D eigenvalue weighted by Gasteiger charge is -2.23. The van der Waals surface area contributed by atoms with Crippen molar-refractivity contribution in [2.24, 2.45) is 7.05 Å². The fraction of sp³-hybridized carbons (Fsp3) is 0.412. The first-order valence-electron chi connectivity index (χ1n) is 7.99. The molecule has 0 unspecified atom stereocenters. The van der Waals surface area contributed by atoms with E-state index >= 15 is 0 Å². The highest BCUT2D eigenvalue weighted by Crippen LogP contribution is 2.36. The number of alkyl halides is 2. The molecule has 0 bridgehead atoms. The van der Waals surface area contributed by atoms with Gasteiger partial charge in [0.15, 0.2) is 0 Å². The molecule has 140 valence electrons. The van der Waals surface area contributed by atoms with Crippen LogP contribution in [0.15, 0.2) is 18.3 Å². The zero-order valence-corrected chi connectivity index (χ0v) is 16.1. The van der Waals surface area contributed by atoms with Gasteiger partial charge in [0.1, 0.15) is 5.69 Å². The minimum Gasteiger partial charge on any atom is -0.292 e. The Kier molecular flexibility index (Phi) is 5.87. The molecule has 0 saturated heterocycles. The van der Waals surface area contributed by atoms with E-state index in [0.717, 1.165) is 12.8 Å². The number of halogens is 5. The molecular formula is C17H16Cl3F2N3O. The van der Waals surface area contributed by atoms with E-state index in [1.807, 2.05) is 4.90 Å². The highest BCUT2D eigenvalue weighted by Gasteiger charge is 2.32. The maximum Gasteiger partial charge on any atom is 0.282 e. The van der Waals surface area contributed by atoms with Crippen LogP contribution in [0.2, 0.25) is 10.0 Å². The molecule has 2 aromatic rings. The van der Waals surface area contributed by atoms with Gasteiger partial charge in [-0.05, 0) is 36.6 Å². The van der Waals surface area contributed by atoms with Crippen LogP contribution in [0.1, 0.15) is 46.4 Å². The van der Waals surface area contributed by atoms with Crippen LogP contribution in [0.5, 0.6) is 0 Å². The predicted molar refractivity (Wildman–Crippen MR) is 97.1 cm³/mol. The summed E-state index contributed by atoms with van der Waals surface area (Å²) in [5.41, 5.74) is 0.985. The van der Waals surface area contributed by atoms with Gasteiger partial charge in [-0.25, -0.2) is 8.78 Å². The van der Waals surface area contributed by atoms with E-state index < -0.39 is 11.7 Å². The second-order valence-corrected chi connectivity index (χ2v) is 7.44. The number of nitrogens with zero attached hydrogens (tertiary/aromatic N) is 3. The van der Waals surface area contributed by atoms with Crippen LogP contribution in [0.3, 0.4) is 0 Å². The largest absolute Gasteiger partial charge is 0.292 e. The molecule has 4 nitrogen and oxygen atoms in total. The van der Waals surface area contributed by atoms with Crippen molar-refractivity contribution >= 4 is 40.0 Å². The normalized spacial score (nSPS) is 14.5. The molecule has 1 fully saturated rings. The predicted octanol–water partition coefficient (Wildman–Crippen LogP) is 5.21. The maximum absolute atomic E-state index is 13.2. The van der Waals surface area contributed by atoms with Gasteiger partial charge >= 0.3 is 0 Å². The molecule has 0 aliphatic heterocycles. The summed E-state index contributed by atoms with van der Waals surface area (Å²) >= 11 is 18.1. The van der Waals surface area contributed by atoms with Crippen molar-refractivity contribution in [2.45, 2.75) is 38.4 Å². The van der Waals surface area contributed by atoms with Gasteiger partial charge < -0.3 is 0 Å². The number of hydrogen-bond donors (Lipinski definition) is 0. The Labute approximate surface area is 164 Å². The van der Waals surface area contributed by atoms with E-state index in [4.69, 9.17) is 34.8 Å². The van der Waals surface area contributed by atoms with Crippen molar-refractivity contribution in [1.29, 1.82) is 0 Å². The molecule has 1 saturated carbocycles. The van der Waals surface area contributed by atoms with Crippen molar-refractivity contribution in [3.05, 3.63) is 50.8 Å². The molecule has 0 radical (unpaired) electrons. The molecule has 0 amide bonds. The Hall–Kier alpha value is -1.21. The highest BCUT2D eigenvalue weighted by molar-refractivity contribution is 6.68. The van der Waals surface area contributed by atoms with Crippen LogP contribution in [0.25, 0.3) is 0 Å². The first kappa shape index (κ1) is 19.5. The Balaban J connectivity index is 1.89. The molecule has 0 atom stereocenters. The minimum absolute atomic E-state index is 0.179. The van der Waals surface area contributed by atoms with Crippen LogP contribution in [-0.2, 0) is 20.1 Å². The Morgan fingerprint density at radius 1 is 1.35 bits per heavy atom. The summed E-state index contributed by atoms with van der Waals surface area (Å²) in [7, 11) is 1.61. The summed E-state index contributed by atoms with van der Waals surface area (Å²) < 4.78 is 27.8. The third kappa shape index (κ3) is 4.19. The third-order valence-electron chi connectivity index (χ3n) is 4.34. The Bertz CT molecular complexity index is 837. The first-order valence-corrected chi connectivity index (χ1v) is 9.12. The molecule has 3 rings (SSSR count). The van der Waals surface area contributed by atoms with Crippen LogP contribution in [0, 0.1) is 0 Å². The summed E-state index contributed by atoms with van der Waals surface area (Å²) in [5, 5.41) is 3.78. The summed E-state index contributed by atoms with van der Waals surface area (Å²) in [6.45, 7) is 0.627. The number of carbonyl (C=O) groups is 1. The second-order valence-electron chi connectivity index (χ2n) is 6.31. The number of rotatable bonds is 7. The fourth-order valence-electron chi connectivity index (χ4n) is 2.93. The van der Waals surface area contributed by atoms with E-state index in [0.29, 0.717) is 29.2 Å². The minimum atomic E-state index is -2.64. The van der Waals surface area contributed by atoms with Crippen molar-refractivity contribution in [3.8, 4) is 0 Å². The lowest BCUT2D eigenvalue weighted by molar-refractivity contribution is 0.108. The van der Waals surface area contributed by atoms with Crippen LogP contribution in [-0.4, -0.2) is 26.0 Å². The standard InChI is InChI=1S/C17H16Cl3F2N3O/c1-24-6-9(15(23-24)17(21)22)7-25(10-2-3-10)8-12-13(18)5-4-11(14(12)19)16(20)26/h4-6,10,17H,2-3,7-8H2,1H3. The molecule has 1 aromatic heterocycles. The van der Waals surface area contributed by atoms with Crippen molar-refractivity contribution in [1.82, 2.24) is 14.7 Å². The van der Waals surface area contributed by atoms with Crippen LogP contribution >= 0.6 is 34.8 Å². The summed E-state index contributed by atoms with van der Waals surface area (Å²) in [6.07, 6.45) is 0.886. The SMILES string of the molecule is Cn1cc(CN(Cc2c(Cl)ccc(C(=O)Cl)c2Cl)C2CC2)c(C(F)F)n1. The van der Waals surface area contributed by atoms with Gasteiger partial charge in [-0.1, -0.05) is 23.2 Å². The Morgan fingerprint density at radius 2 is 2.04 bits per heavy atom. The molecule has 1 aromatic carbocycles. The molecular weight excluding hydrogens is 407 g/mol. The number of hydrogen-bond acceptors (Lipinski definition) is 3. The molecule has 26 heavy (non-hydrogen) atoms. The molecule has 0 N–H and O–H groups in total. The van der Waals surface area contributed by atoms with Gasteiger partial charge in [-0.15, -0.1) is 0 Å². The van der Waals surface area contributed by atoms with Gasteiger partial charge in [0.2, 0.25) is 0 Å². The van der Waals surface area contributed by atoms with Gasteiger partial charge in [0.25, 0.3) is 11.7 Å². The van der Waals surface area contributed by atoms with E-state index in [9.17, 15) is 13.6 Å². The first-order chi connectivity index (χ1) is 12.3. The molecule has 1 aliphatic rings. The van der Waals surface area contributed by atoms with Gasteiger partial charge in [-0.3, -0.25) is 14.4 Å². The second kappa shape index (κ2) is 7.80. The average molecular weight is 423 g/mol. The summed E-state index contributed by atoms with van der Waals surface area (Å²) in [4.78, 5) is 13.5. The lowest BCUT2D eigenvalue weighted by atomic mass is 10.1. The fourth-order valence-corrected chi connectivity index (χ4v) is 3.71. The van der Waals surface area contributed by atoms with Crippen molar-refractivity contribution in [3.63, 3.8) is 0 Å². The van der Waals surface area contributed by atoms with Crippen LogP contribution in [0.4, 0.5) is 8.78 Å².